The summed E-state index contributed by atoms with van der Waals surface area (Å²) in [4.78, 5) is 14.1. The number of para-hydroxylation sites is 2. The molecule has 0 unspecified atom stereocenters. The van der Waals surface area contributed by atoms with Crippen molar-refractivity contribution < 1.29 is 0 Å². The Morgan fingerprint density at radius 1 is 0.410 bits per heavy atom. The Hall–Kier alpha value is -7.24. The second-order valence-electron chi connectivity index (χ2n) is 19.1. The summed E-state index contributed by atoms with van der Waals surface area (Å²) in [5, 5.41) is 12.1. The largest absolute Gasteiger partial charge is 0.308 e. The molecule has 5 aromatic heterocycles. The zero-order chi connectivity index (χ0) is 41.1. The van der Waals surface area contributed by atoms with Gasteiger partial charge in [-0.3, -0.25) is 8.80 Å². The number of hydrogen-bond donors (Lipinski definition) is 0. The van der Waals surface area contributed by atoms with Crippen molar-refractivity contribution in [3.63, 3.8) is 0 Å². The Labute approximate surface area is 352 Å². The molecule has 5 nitrogen and oxygen atoms in total. The Balaban J connectivity index is 1.28. The fraction of sp³-hybridized carbons (Fsp3) is 0.143. The standard InChI is InChI=1S/C56H43N5/c1-55(2,3)34-28-41-40-27-33-18-14-16-24-39(33)51(59(36-19-9-7-10-20-36)37-21-11-8-12-22-37)52(40)61-49(41)43(30-34)48-54(61)58-47-44-31-35(56(4,5)6)29-42-46-38-23-15-13-17-32(38)25-26-45(46)60(50(42)44)53(47)57-48/h7-31H,1-6H3. The highest BCUT2D eigenvalue weighted by molar-refractivity contribution is 6.31. The van der Waals surface area contributed by atoms with Crippen LogP contribution in [0.5, 0.6) is 0 Å². The van der Waals surface area contributed by atoms with Crippen LogP contribution in [0.3, 0.4) is 0 Å². The minimum atomic E-state index is -0.102. The van der Waals surface area contributed by atoms with Crippen molar-refractivity contribution in [1.82, 2.24) is 18.8 Å². The molecule has 5 heteroatoms. The summed E-state index contributed by atoms with van der Waals surface area (Å²) in [6.07, 6.45) is 0. The van der Waals surface area contributed by atoms with Gasteiger partial charge in [0, 0.05) is 49.1 Å². The first-order valence-corrected chi connectivity index (χ1v) is 21.4. The molecule has 5 heterocycles. The fourth-order valence-electron chi connectivity index (χ4n) is 10.4. The molecule has 0 bridgehead atoms. The third kappa shape index (κ3) is 4.61. The van der Waals surface area contributed by atoms with Crippen LogP contribution in [0.4, 0.5) is 17.1 Å². The predicted molar refractivity (Wildman–Crippen MR) is 258 cm³/mol. The molecule has 0 atom stereocenters. The van der Waals surface area contributed by atoms with E-state index in [9.17, 15) is 0 Å². The molecular formula is C56H43N5. The summed E-state index contributed by atoms with van der Waals surface area (Å²) in [6.45, 7) is 13.9. The van der Waals surface area contributed by atoms with Gasteiger partial charge in [-0.1, -0.05) is 133 Å². The van der Waals surface area contributed by atoms with Crippen LogP contribution in [0.25, 0.3) is 98.3 Å². The zero-order valence-electron chi connectivity index (χ0n) is 35.2. The topological polar surface area (TPSA) is 37.8 Å². The van der Waals surface area contributed by atoms with Crippen LogP contribution in [0.1, 0.15) is 52.7 Å². The third-order valence-electron chi connectivity index (χ3n) is 13.4. The van der Waals surface area contributed by atoms with Crippen LogP contribution in [0.2, 0.25) is 0 Å². The molecule has 0 aliphatic rings. The molecule has 0 N–H and O–H groups in total. The first-order valence-electron chi connectivity index (χ1n) is 21.4. The molecule has 13 aromatic rings. The van der Waals surface area contributed by atoms with E-state index in [1.165, 1.54) is 65.3 Å². The second kappa shape index (κ2) is 11.7. The number of anilines is 3. The minimum Gasteiger partial charge on any atom is -0.308 e. The van der Waals surface area contributed by atoms with Gasteiger partial charge in [0.25, 0.3) is 0 Å². The normalized spacial score (nSPS) is 13.1. The number of rotatable bonds is 3. The number of nitrogens with zero attached hydrogens (tertiary/aromatic N) is 5. The number of benzene rings is 8. The lowest BCUT2D eigenvalue weighted by atomic mass is 9.85. The highest BCUT2D eigenvalue weighted by Gasteiger charge is 2.31. The summed E-state index contributed by atoms with van der Waals surface area (Å²) in [7, 11) is 0. The first kappa shape index (κ1) is 34.6. The highest BCUT2D eigenvalue weighted by Crippen LogP contribution is 2.50. The van der Waals surface area contributed by atoms with Gasteiger partial charge < -0.3 is 4.90 Å². The molecule has 8 aromatic carbocycles. The molecule has 0 radical (unpaired) electrons. The minimum absolute atomic E-state index is 0.0761. The van der Waals surface area contributed by atoms with Gasteiger partial charge in [-0.15, -0.1) is 0 Å². The average Bonchev–Trinajstić information content (AvgIpc) is 3.98. The van der Waals surface area contributed by atoms with E-state index in [1.54, 1.807) is 0 Å². The Morgan fingerprint density at radius 2 is 0.902 bits per heavy atom. The van der Waals surface area contributed by atoms with E-state index < -0.39 is 0 Å². The molecular weight excluding hydrogens is 743 g/mol. The van der Waals surface area contributed by atoms with Crippen molar-refractivity contribution in [2.45, 2.75) is 52.4 Å². The van der Waals surface area contributed by atoms with Gasteiger partial charge in [0.05, 0.1) is 27.8 Å². The number of aromatic nitrogens is 4. The van der Waals surface area contributed by atoms with Crippen molar-refractivity contribution in [3.8, 4) is 0 Å². The lowest BCUT2D eigenvalue weighted by Gasteiger charge is -2.28. The molecule has 61 heavy (non-hydrogen) atoms. The van der Waals surface area contributed by atoms with Gasteiger partial charge in [0.2, 0.25) is 0 Å². The molecule has 292 valence electrons. The Morgan fingerprint density at radius 3 is 1.52 bits per heavy atom. The molecule has 0 aliphatic heterocycles. The monoisotopic (exact) mass is 785 g/mol. The molecule has 0 fully saturated rings. The summed E-state index contributed by atoms with van der Waals surface area (Å²) < 4.78 is 4.86. The summed E-state index contributed by atoms with van der Waals surface area (Å²) in [5.74, 6) is 0. The predicted octanol–water partition coefficient (Wildman–Crippen LogP) is 15.1. The summed E-state index contributed by atoms with van der Waals surface area (Å²) in [6, 6.07) is 55.8. The SMILES string of the molecule is CC(C)(C)c1cc2c3nc4c(nc3n3c5ccc6ccccc6c5c(c1)c23)c1cc(C(C)(C)C)cc2c3cc5ccccc5c(N(c5ccccc5)c5ccccc5)c3n4c21. The summed E-state index contributed by atoms with van der Waals surface area (Å²) >= 11 is 0. The van der Waals surface area contributed by atoms with E-state index in [0.717, 1.165) is 61.2 Å². The van der Waals surface area contributed by atoms with E-state index in [2.05, 4.69) is 207 Å². The van der Waals surface area contributed by atoms with Crippen LogP contribution < -0.4 is 4.90 Å². The van der Waals surface area contributed by atoms with Crippen molar-refractivity contribution >= 4 is 115 Å². The fourth-order valence-corrected chi connectivity index (χ4v) is 10.4. The van der Waals surface area contributed by atoms with Gasteiger partial charge >= 0.3 is 0 Å². The Kier molecular flexibility index (Phi) is 6.66. The molecule has 13 rings (SSSR count). The maximum Gasteiger partial charge on any atom is 0.165 e. The van der Waals surface area contributed by atoms with Gasteiger partial charge in [-0.05, 0) is 98.8 Å². The highest BCUT2D eigenvalue weighted by atomic mass is 15.2. The van der Waals surface area contributed by atoms with Gasteiger partial charge in [0.1, 0.15) is 11.0 Å². The maximum absolute atomic E-state index is 5.88. The van der Waals surface area contributed by atoms with E-state index in [-0.39, 0.29) is 10.8 Å². The molecule has 0 saturated carbocycles. The van der Waals surface area contributed by atoms with Gasteiger partial charge in [-0.2, -0.15) is 0 Å². The van der Waals surface area contributed by atoms with Gasteiger partial charge in [0.15, 0.2) is 11.3 Å². The smallest absolute Gasteiger partial charge is 0.165 e. The molecule has 0 amide bonds. The molecule has 0 spiro atoms. The van der Waals surface area contributed by atoms with Gasteiger partial charge in [-0.25, -0.2) is 9.97 Å². The van der Waals surface area contributed by atoms with Crippen molar-refractivity contribution in [1.29, 1.82) is 0 Å². The van der Waals surface area contributed by atoms with Crippen LogP contribution in [0.15, 0.2) is 152 Å². The van der Waals surface area contributed by atoms with Crippen LogP contribution >= 0.6 is 0 Å². The first-order chi connectivity index (χ1) is 29.5. The van der Waals surface area contributed by atoms with E-state index in [4.69, 9.17) is 9.97 Å². The lowest BCUT2D eigenvalue weighted by Crippen LogP contribution is -2.11. The van der Waals surface area contributed by atoms with E-state index >= 15 is 0 Å². The van der Waals surface area contributed by atoms with Crippen molar-refractivity contribution in [2.75, 3.05) is 4.90 Å². The average molecular weight is 786 g/mol. The number of fused-ring (bicyclic) bond motifs is 15. The van der Waals surface area contributed by atoms with Crippen molar-refractivity contribution in [2.24, 2.45) is 0 Å². The second-order valence-corrected chi connectivity index (χ2v) is 19.1. The molecule has 0 aliphatic carbocycles. The van der Waals surface area contributed by atoms with Crippen LogP contribution in [-0.2, 0) is 10.8 Å². The third-order valence-corrected chi connectivity index (χ3v) is 13.4. The number of hydrogen-bond acceptors (Lipinski definition) is 3. The van der Waals surface area contributed by atoms with Crippen LogP contribution in [0, 0.1) is 0 Å². The van der Waals surface area contributed by atoms with Crippen molar-refractivity contribution in [3.05, 3.63) is 163 Å². The summed E-state index contributed by atoms with van der Waals surface area (Å²) in [5.41, 5.74) is 14.0. The maximum atomic E-state index is 5.88. The van der Waals surface area contributed by atoms with E-state index in [1.807, 2.05) is 0 Å². The quantitative estimate of drug-likeness (QED) is 0.179. The lowest BCUT2D eigenvalue weighted by molar-refractivity contribution is 0.591. The Bertz CT molecular complexity index is 3900. The van der Waals surface area contributed by atoms with E-state index in [0.29, 0.717) is 0 Å². The van der Waals surface area contributed by atoms with Crippen LogP contribution in [-0.4, -0.2) is 18.8 Å². The zero-order valence-corrected chi connectivity index (χ0v) is 35.2. The molecule has 0 saturated heterocycles.